The first kappa shape index (κ1) is 30.0. The maximum Gasteiger partial charge on any atom is 0.326 e. The number of carbonyl (C=O) groups is 5. The Hall–Kier alpha value is -4.99. The molecule has 4 amide bonds. The third kappa shape index (κ3) is 8.26. The lowest BCUT2D eigenvalue weighted by molar-refractivity contribution is -0.144. The maximum atomic E-state index is 13.8. The fourth-order valence-corrected chi connectivity index (χ4v) is 4.97. The van der Waals surface area contributed by atoms with Gasteiger partial charge in [0.1, 0.15) is 18.1 Å². The molecule has 4 N–H and O–H groups in total. The summed E-state index contributed by atoms with van der Waals surface area (Å²) in [5.74, 6) is -3.15. The van der Waals surface area contributed by atoms with Crippen LogP contribution in [-0.2, 0) is 32.0 Å². The molecule has 1 aliphatic heterocycles. The number of hydrogen-bond acceptors (Lipinski definition) is 5. The van der Waals surface area contributed by atoms with Crippen molar-refractivity contribution in [3.05, 3.63) is 108 Å². The molecule has 0 radical (unpaired) electrons. The average molecular weight is 571 g/mol. The van der Waals surface area contributed by atoms with E-state index in [1.54, 1.807) is 54.6 Å². The number of nitrogens with zero attached hydrogens (tertiary/aromatic N) is 1. The van der Waals surface area contributed by atoms with Crippen molar-refractivity contribution in [3.63, 3.8) is 0 Å². The Kier molecular flexibility index (Phi) is 10.4. The van der Waals surface area contributed by atoms with E-state index in [1.807, 2.05) is 36.4 Å². The largest absolute Gasteiger partial charge is 0.480 e. The van der Waals surface area contributed by atoms with E-state index in [0.29, 0.717) is 24.9 Å². The summed E-state index contributed by atoms with van der Waals surface area (Å²) in [4.78, 5) is 65.7. The molecule has 3 atom stereocenters. The zero-order valence-corrected chi connectivity index (χ0v) is 23.1. The predicted molar refractivity (Wildman–Crippen MR) is 155 cm³/mol. The minimum Gasteiger partial charge on any atom is -0.480 e. The molecule has 4 rings (SSSR count). The summed E-state index contributed by atoms with van der Waals surface area (Å²) in [5, 5.41) is 17.6. The molecule has 1 saturated heterocycles. The standard InChI is InChI=1S/C32H34N4O6/c37-28(21-33-29(38)24-15-8-3-9-16-24)34-25(19-22-11-4-1-5-12-22)31(40)36-18-10-17-27(36)30(39)35-26(32(41)42)20-23-13-6-2-7-14-23/h1-9,11-16,25-27H,10,17-21H2,(H,33,38)(H,34,37)(H,35,39)(H,41,42)/t25-,26-,27-/m0/s1. The Bertz CT molecular complexity index is 1380. The van der Waals surface area contributed by atoms with Crippen molar-refractivity contribution in [2.45, 2.75) is 43.8 Å². The topological polar surface area (TPSA) is 145 Å². The first-order chi connectivity index (χ1) is 20.3. The van der Waals surface area contributed by atoms with E-state index in [0.717, 1.165) is 11.1 Å². The van der Waals surface area contributed by atoms with Gasteiger partial charge in [-0.25, -0.2) is 4.79 Å². The van der Waals surface area contributed by atoms with Crippen LogP contribution in [0.15, 0.2) is 91.0 Å². The first-order valence-corrected chi connectivity index (χ1v) is 13.9. The number of amides is 4. The highest BCUT2D eigenvalue weighted by molar-refractivity contribution is 5.97. The van der Waals surface area contributed by atoms with Crippen LogP contribution in [-0.4, -0.2) is 70.8 Å². The van der Waals surface area contributed by atoms with E-state index in [-0.39, 0.29) is 19.4 Å². The smallest absolute Gasteiger partial charge is 0.326 e. The third-order valence-corrected chi connectivity index (χ3v) is 7.10. The van der Waals surface area contributed by atoms with Crippen LogP contribution < -0.4 is 16.0 Å². The molecule has 10 heteroatoms. The van der Waals surface area contributed by atoms with E-state index in [2.05, 4.69) is 16.0 Å². The van der Waals surface area contributed by atoms with Crippen LogP contribution in [0.25, 0.3) is 0 Å². The summed E-state index contributed by atoms with van der Waals surface area (Å²) in [7, 11) is 0. The Labute approximate surface area is 244 Å². The number of aliphatic carboxylic acids is 1. The van der Waals surface area contributed by atoms with Crippen molar-refractivity contribution in [1.82, 2.24) is 20.9 Å². The van der Waals surface area contributed by atoms with Crippen LogP contribution >= 0.6 is 0 Å². The van der Waals surface area contributed by atoms with Crippen LogP contribution in [0.2, 0.25) is 0 Å². The van der Waals surface area contributed by atoms with Crippen molar-refractivity contribution >= 4 is 29.6 Å². The fourth-order valence-electron chi connectivity index (χ4n) is 4.97. The molecule has 0 spiro atoms. The monoisotopic (exact) mass is 570 g/mol. The van der Waals surface area contributed by atoms with Gasteiger partial charge in [0.15, 0.2) is 0 Å². The second-order valence-electron chi connectivity index (χ2n) is 10.1. The molecule has 0 aliphatic carbocycles. The molecule has 1 heterocycles. The normalized spacial score (nSPS) is 15.7. The second kappa shape index (κ2) is 14.6. The van der Waals surface area contributed by atoms with Crippen molar-refractivity contribution in [2.24, 2.45) is 0 Å². The maximum absolute atomic E-state index is 13.8. The molecule has 3 aromatic rings. The molecule has 0 bridgehead atoms. The third-order valence-electron chi connectivity index (χ3n) is 7.10. The molecule has 42 heavy (non-hydrogen) atoms. The van der Waals surface area contributed by atoms with Gasteiger partial charge in [0, 0.05) is 24.9 Å². The molecule has 1 aliphatic rings. The van der Waals surface area contributed by atoms with Gasteiger partial charge in [0.25, 0.3) is 5.91 Å². The van der Waals surface area contributed by atoms with Gasteiger partial charge in [0.2, 0.25) is 17.7 Å². The summed E-state index contributed by atoms with van der Waals surface area (Å²) in [5.41, 5.74) is 1.97. The summed E-state index contributed by atoms with van der Waals surface area (Å²) < 4.78 is 0. The van der Waals surface area contributed by atoms with E-state index in [4.69, 9.17) is 0 Å². The number of carboxylic acids is 1. The molecule has 0 saturated carbocycles. The van der Waals surface area contributed by atoms with Gasteiger partial charge in [0.05, 0.1) is 6.54 Å². The molecule has 3 aromatic carbocycles. The summed E-state index contributed by atoms with van der Waals surface area (Å²) in [6.07, 6.45) is 1.20. The van der Waals surface area contributed by atoms with Crippen LogP contribution in [0.4, 0.5) is 0 Å². The number of likely N-dealkylation sites (tertiary alicyclic amines) is 1. The summed E-state index contributed by atoms with van der Waals surface area (Å²) >= 11 is 0. The quantitative estimate of drug-likeness (QED) is 0.262. The van der Waals surface area contributed by atoms with Crippen LogP contribution in [0.3, 0.4) is 0 Å². The van der Waals surface area contributed by atoms with E-state index < -0.39 is 47.7 Å². The number of rotatable bonds is 12. The number of carboxylic acid groups (broad SMARTS) is 1. The zero-order chi connectivity index (χ0) is 29.9. The van der Waals surface area contributed by atoms with Gasteiger partial charge in [-0.3, -0.25) is 19.2 Å². The fraction of sp³-hybridized carbons (Fsp3) is 0.281. The Morgan fingerprint density at radius 3 is 1.88 bits per heavy atom. The van der Waals surface area contributed by atoms with E-state index in [1.165, 1.54) is 4.90 Å². The molecule has 0 aromatic heterocycles. The van der Waals surface area contributed by atoms with Crippen molar-refractivity contribution in [1.29, 1.82) is 0 Å². The minimum absolute atomic E-state index is 0.101. The Morgan fingerprint density at radius 2 is 1.31 bits per heavy atom. The van der Waals surface area contributed by atoms with Crippen molar-refractivity contribution in [3.8, 4) is 0 Å². The zero-order valence-electron chi connectivity index (χ0n) is 23.1. The molecular formula is C32H34N4O6. The number of carbonyl (C=O) groups excluding carboxylic acids is 4. The first-order valence-electron chi connectivity index (χ1n) is 13.9. The van der Waals surface area contributed by atoms with Gasteiger partial charge in [-0.15, -0.1) is 0 Å². The lowest BCUT2D eigenvalue weighted by Crippen LogP contribution is -2.56. The Morgan fingerprint density at radius 1 is 0.762 bits per heavy atom. The van der Waals surface area contributed by atoms with Crippen molar-refractivity contribution < 1.29 is 29.1 Å². The van der Waals surface area contributed by atoms with Gasteiger partial charge < -0.3 is 26.0 Å². The van der Waals surface area contributed by atoms with Crippen LogP contribution in [0.1, 0.15) is 34.3 Å². The average Bonchev–Trinajstić information content (AvgIpc) is 3.50. The minimum atomic E-state index is -1.17. The van der Waals surface area contributed by atoms with Crippen molar-refractivity contribution in [2.75, 3.05) is 13.1 Å². The summed E-state index contributed by atoms with van der Waals surface area (Å²) in [6, 6.07) is 23.6. The van der Waals surface area contributed by atoms with E-state index in [9.17, 15) is 29.1 Å². The van der Waals surface area contributed by atoms with E-state index >= 15 is 0 Å². The van der Waals surface area contributed by atoms with Crippen LogP contribution in [0, 0.1) is 0 Å². The predicted octanol–water partition coefficient (Wildman–Crippen LogP) is 1.95. The lowest BCUT2D eigenvalue weighted by atomic mass is 10.0. The number of benzene rings is 3. The van der Waals surface area contributed by atoms with Crippen LogP contribution in [0.5, 0.6) is 0 Å². The molecular weight excluding hydrogens is 536 g/mol. The molecule has 218 valence electrons. The van der Waals surface area contributed by atoms with Gasteiger partial charge in [-0.05, 0) is 36.1 Å². The number of nitrogens with one attached hydrogen (secondary N) is 3. The SMILES string of the molecule is O=C(CNC(=O)c1ccccc1)N[C@@H](Cc1ccccc1)C(=O)N1CCC[C@H]1C(=O)N[C@@H](Cc1ccccc1)C(=O)O. The second-order valence-corrected chi connectivity index (χ2v) is 10.1. The molecule has 10 nitrogen and oxygen atoms in total. The molecule has 1 fully saturated rings. The number of hydrogen-bond donors (Lipinski definition) is 4. The summed E-state index contributed by atoms with van der Waals surface area (Å²) in [6.45, 7) is -0.0464. The highest BCUT2D eigenvalue weighted by Crippen LogP contribution is 2.20. The highest BCUT2D eigenvalue weighted by atomic mass is 16.4. The van der Waals surface area contributed by atoms with Gasteiger partial charge >= 0.3 is 5.97 Å². The highest BCUT2D eigenvalue weighted by Gasteiger charge is 2.39. The van der Waals surface area contributed by atoms with Gasteiger partial charge in [-0.2, -0.15) is 0 Å². The molecule has 0 unspecified atom stereocenters. The lowest BCUT2D eigenvalue weighted by Gasteiger charge is -2.29. The Balaban J connectivity index is 1.44. The van der Waals surface area contributed by atoms with Gasteiger partial charge in [-0.1, -0.05) is 78.9 Å².